The average molecular weight is 404 g/mol. The van der Waals surface area contributed by atoms with E-state index < -0.39 is 32.4 Å². The van der Waals surface area contributed by atoms with Crippen LogP contribution in [-0.4, -0.2) is 26.2 Å². The van der Waals surface area contributed by atoms with Gasteiger partial charge in [0.2, 0.25) is 0 Å². The first kappa shape index (κ1) is 19.4. The van der Waals surface area contributed by atoms with Crippen molar-refractivity contribution in [3.8, 4) is 6.07 Å². The van der Waals surface area contributed by atoms with Crippen LogP contribution in [0.5, 0.6) is 0 Å². The number of carbonyl (C=O) groups is 1. The summed E-state index contributed by atoms with van der Waals surface area (Å²) in [5, 5.41) is 9.10. The molecule has 0 heterocycles. The lowest BCUT2D eigenvalue weighted by atomic mass is 10.0. The van der Waals surface area contributed by atoms with Gasteiger partial charge in [0.25, 0.3) is 0 Å². The number of nitriles is 1. The van der Waals surface area contributed by atoms with Crippen LogP contribution in [0.15, 0.2) is 53.4 Å². The fraction of sp³-hybridized carbons (Fsp3) is 0.300. The van der Waals surface area contributed by atoms with Gasteiger partial charge < -0.3 is 4.74 Å². The number of nitrogens with zero attached hydrogens (tertiary/aromatic N) is 1. The Kier molecular flexibility index (Phi) is 5.02. The van der Waals surface area contributed by atoms with E-state index in [0.717, 1.165) is 5.56 Å². The van der Waals surface area contributed by atoms with Gasteiger partial charge in [0.05, 0.1) is 17.6 Å². The molecule has 140 valence electrons. The predicted molar refractivity (Wildman–Crippen MR) is 101 cm³/mol. The largest absolute Gasteiger partial charge is 0.465 e. The zero-order chi connectivity index (χ0) is 19.8. The van der Waals surface area contributed by atoms with E-state index in [-0.39, 0.29) is 11.5 Å². The second-order valence-corrected chi connectivity index (χ2v) is 9.01. The molecular formula is C20H18ClNO4S. The third-order valence-corrected chi connectivity index (χ3v) is 7.34. The number of hydrogen-bond acceptors (Lipinski definition) is 5. The van der Waals surface area contributed by atoms with Crippen LogP contribution in [0.4, 0.5) is 0 Å². The van der Waals surface area contributed by atoms with Crippen molar-refractivity contribution < 1.29 is 17.9 Å². The van der Waals surface area contributed by atoms with Crippen LogP contribution in [-0.2, 0) is 19.4 Å². The quantitative estimate of drug-likeness (QED) is 0.711. The lowest BCUT2D eigenvalue weighted by Gasteiger charge is -2.09. The Balaban J connectivity index is 2.12. The summed E-state index contributed by atoms with van der Waals surface area (Å²) in [7, 11) is -3.93. The van der Waals surface area contributed by atoms with E-state index in [9.17, 15) is 18.5 Å². The first-order chi connectivity index (χ1) is 12.8. The topological polar surface area (TPSA) is 84.2 Å². The summed E-state index contributed by atoms with van der Waals surface area (Å²) in [6, 6.07) is 14.8. The van der Waals surface area contributed by atoms with Gasteiger partial charge in [0.15, 0.2) is 15.3 Å². The molecule has 3 atom stereocenters. The summed E-state index contributed by atoms with van der Waals surface area (Å²) in [4.78, 5) is 12.7. The Bertz CT molecular complexity index is 1010. The molecule has 0 aromatic heterocycles. The first-order valence-corrected chi connectivity index (χ1v) is 10.4. The molecule has 0 amide bonds. The van der Waals surface area contributed by atoms with Gasteiger partial charge in [-0.2, -0.15) is 5.26 Å². The summed E-state index contributed by atoms with van der Waals surface area (Å²) < 4.78 is 31.6. The van der Waals surface area contributed by atoms with Crippen LogP contribution in [0.25, 0.3) is 0 Å². The molecule has 0 unspecified atom stereocenters. The Morgan fingerprint density at radius 3 is 2.30 bits per heavy atom. The summed E-state index contributed by atoms with van der Waals surface area (Å²) in [6.45, 7) is 3.53. The molecule has 3 rings (SSSR count). The van der Waals surface area contributed by atoms with E-state index in [1.165, 1.54) is 12.1 Å². The van der Waals surface area contributed by atoms with Gasteiger partial charge in [-0.05, 0) is 43.7 Å². The molecule has 7 heteroatoms. The van der Waals surface area contributed by atoms with Crippen LogP contribution < -0.4 is 0 Å². The molecule has 1 aliphatic rings. The predicted octanol–water partition coefficient (Wildman–Crippen LogP) is 3.66. The molecule has 0 saturated heterocycles. The highest BCUT2D eigenvalue weighted by Gasteiger charge is 2.77. The first-order valence-electron chi connectivity index (χ1n) is 8.43. The number of aryl methyl sites for hydroxylation is 1. The Labute approximate surface area is 163 Å². The zero-order valence-corrected chi connectivity index (χ0v) is 16.4. The van der Waals surface area contributed by atoms with Crippen molar-refractivity contribution in [2.24, 2.45) is 5.41 Å². The van der Waals surface area contributed by atoms with Crippen molar-refractivity contribution in [2.45, 2.75) is 29.9 Å². The van der Waals surface area contributed by atoms with Crippen LogP contribution in [0.1, 0.15) is 24.0 Å². The van der Waals surface area contributed by atoms with Crippen molar-refractivity contribution in [1.82, 2.24) is 0 Å². The summed E-state index contributed by atoms with van der Waals surface area (Å²) in [6.07, 6.45) is 0. The molecule has 2 aromatic carbocycles. The maximum atomic E-state index is 13.3. The molecule has 5 nitrogen and oxygen atoms in total. The van der Waals surface area contributed by atoms with Gasteiger partial charge in [0, 0.05) is 10.9 Å². The highest BCUT2D eigenvalue weighted by molar-refractivity contribution is 7.92. The fourth-order valence-corrected chi connectivity index (χ4v) is 5.81. The van der Waals surface area contributed by atoms with E-state index in [1.54, 1.807) is 43.3 Å². The maximum Gasteiger partial charge on any atom is 0.328 e. The van der Waals surface area contributed by atoms with Gasteiger partial charge in [-0.3, -0.25) is 4.79 Å². The third-order valence-electron chi connectivity index (χ3n) is 4.84. The van der Waals surface area contributed by atoms with E-state index >= 15 is 0 Å². The molecule has 1 aliphatic carbocycles. The molecule has 27 heavy (non-hydrogen) atoms. The van der Waals surface area contributed by atoms with E-state index in [0.29, 0.717) is 10.6 Å². The number of halogens is 1. The minimum absolute atomic E-state index is 0.0624. The lowest BCUT2D eigenvalue weighted by molar-refractivity contribution is -0.147. The molecule has 0 aliphatic heterocycles. The number of ether oxygens (including phenoxy) is 1. The van der Waals surface area contributed by atoms with Crippen LogP contribution in [0, 0.1) is 23.7 Å². The second-order valence-electron chi connectivity index (χ2n) is 6.51. The van der Waals surface area contributed by atoms with E-state index in [4.69, 9.17) is 16.3 Å². The van der Waals surface area contributed by atoms with Crippen LogP contribution >= 0.6 is 11.6 Å². The van der Waals surface area contributed by atoms with E-state index in [2.05, 4.69) is 0 Å². The van der Waals surface area contributed by atoms with Gasteiger partial charge in [0.1, 0.15) is 5.25 Å². The van der Waals surface area contributed by atoms with Crippen LogP contribution in [0.2, 0.25) is 5.02 Å². The molecule has 0 bridgehead atoms. The number of benzene rings is 2. The van der Waals surface area contributed by atoms with Gasteiger partial charge in [-0.25, -0.2) is 8.42 Å². The fourth-order valence-electron chi connectivity index (χ4n) is 3.43. The molecular weight excluding hydrogens is 386 g/mol. The minimum atomic E-state index is -3.93. The van der Waals surface area contributed by atoms with E-state index in [1.807, 2.05) is 13.0 Å². The molecule has 1 saturated carbocycles. The Morgan fingerprint density at radius 2 is 1.78 bits per heavy atom. The number of carbonyl (C=O) groups excluding carboxylic acids is 1. The summed E-state index contributed by atoms with van der Waals surface area (Å²) in [5.41, 5.74) is -0.293. The van der Waals surface area contributed by atoms with Crippen molar-refractivity contribution in [1.29, 1.82) is 5.26 Å². The second kappa shape index (κ2) is 6.99. The normalized spacial score (nSPS) is 24.1. The van der Waals surface area contributed by atoms with Crippen molar-refractivity contribution in [3.05, 3.63) is 64.7 Å². The van der Waals surface area contributed by atoms with Gasteiger partial charge in [-0.15, -0.1) is 0 Å². The van der Waals surface area contributed by atoms with Crippen LogP contribution in [0.3, 0.4) is 0 Å². The number of esters is 1. The smallest absolute Gasteiger partial charge is 0.328 e. The highest BCUT2D eigenvalue weighted by atomic mass is 35.5. The van der Waals surface area contributed by atoms with Crippen molar-refractivity contribution in [2.75, 3.05) is 6.61 Å². The number of rotatable bonds is 5. The van der Waals surface area contributed by atoms with Crippen molar-refractivity contribution in [3.63, 3.8) is 0 Å². The number of hydrogen-bond donors (Lipinski definition) is 0. The Morgan fingerprint density at radius 1 is 1.19 bits per heavy atom. The highest BCUT2D eigenvalue weighted by Crippen LogP contribution is 2.64. The summed E-state index contributed by atoms with van der Waals surface area (Å²) >= 11 is 5.92. The number of sulfone groups is 1. The molecule has 2 aromatic rings. The standard InChI is InChI=1S/C20H18ClNO4S/c1-3-26-19(23)20(12-22)17(14-6-8-15(21)9-7-14)18(20)27(24,25)16-10-4-13(2)5-11-16/h4-11,17-18H,3H2,1-2H3/t17-,18-,20+/m0/s1. The van der Waals surface area contributed by atoms with Crippen molar-refractivity contribution >= 4 is 27.4 Å². The lowest BCUT2D eigenvalue weighted by Crippen LogP contribution is -2.25. The summed E-state index contributed by atoms with van der Waals surface area (Å²) in [5.74, 6) is -1.63. The third kappa shape index (κ3) is 3.11. The maximum absolute atomic E-state index is 13.3. The van der Waals surface area contributed by atoms with Gasteiger partial charge in [-0.1, -0.05) is 41.4 Å². The minimum Gasteiger partial charge on any atom is -0.465 e. The molecule has 0 radical (unpaired) electrons. The molecule has 0 N–H and O–H groups in total. The molecule has 0 spiro atoms. The zero-order valence-electron chi connectivity index (χ0n) is 14.8. The average Bonchev–Trinajstić information content (AvgIpc) is 3.34. The Hall–Kier alpha value is -2.36. The monoisotopic (exact) mass is 403 g/mol. The van der Waals surface area contributed by atoms with Gasteiger partial charge >= 0.3 is 5.97 Å². The SMILES string of the molecule is CCOC(=O)[C@]1(C#N)[C@@H](c2ccc(Cl)cc2)[C@@H]1S(=O)(=O)c1ccc(C)cc1. The molecule has 1 fully saturated rings.